The maximum absolute atomic E-state index is 12.5. The van der Waals surface area contributed by atoms with Gasteiger partial charge in [0, 0.05) is 13.0 Å². The third-order valence-electron chi connectivity index (χ3n) is 4.36. The summed E-state index contributed by atoms with van der Waals surface area (Å²) in [5.41, 5.74) is 16.2. The van der Waals surface area contributed by atoms with Gasteiger partial charge in [-0.2, -0.15) is 0 Å². The second-order valence-electron chi connectivity index (χ2n) is 6.76. The monoisotopic (exact) mass is 416 g/mol. The first-order valence-corrected chi connectivity index (χ1v) is 9.35. The summed E-state index contributed by atoms with van der Waals surface area (Å²) in [6.07, 6.45) is 0.567. The van der Waals surface area contributed by atoms with Gasteiger partial charge in [-0.25, -0.2) is 4.79 Å². The Balaban J connectivity index is 5.03. The Kier molecular flexibility index (Phi) is 12.0. The van der Waals surface area contributed by atoms with Crippen LogP contribution in [0.4, 0.5) is 0 Å². The molecule has 4 atom stereocenters. The lowest BCUT2D eigenvalue weighted by molar-refractivity contribution is -0.144. The fraction of sp³-hybridized carbons (Fsp3) is 0.706. The van der Waals surface area contributed by atoms with Crippen LogP contribution in [0.25, 0.3) is 0 Å². The fourth-order valence-corrected chi connectivity index (χ4v) is 2.40. The third kappa shape index (κ3) is 10.9. The highest BCUT2D eigenvalue weighted by Gasteiger charge is 2.30. The van der Waals surface area contributed by atoms with Crippen molar-refractivity contribution in [3.8, 4) is 0 Å². The van der Waals surface area contributed by atoms with E-state index < -0.39 is 41.9 Å². The lowest BCUT2D eigenvalue weighted by Gasteiger charge is -2.25. The number of nitrogens with zero attached hydrogens (tertiary/aromatic N) is 1. The Morgan fingerprint density at radius 2 is 1.66 bits per heavy atom. The van der Waals surface area contributed by atoms with Gasteiger partial charge in [0.25, 0.3) is 0 Å². The molecule has 0 bridgehead atoms. The highest BCUT2D eigenvalue weighted by Crippen LogP contribution is 2.09. The molecule has 10 N–H and O–H groups in total. The van der Waals surface area contributed by atoms with Crippen molar-refractivity contribution in [1.82, 2.24) is 10.6 Å². The lowest BCUT2D eigenvalue weighted by atomic mass is 9.98. The van der Waals surface area contributed by atoms with Crippen molar-refractivity contribution in [1.29, 1.82) is 0 Å². The second-order valence-corrected chi connectivity index (χ2v) is 6.76. The number of carbonyl (C=O) groups is 4. The fourth-order valence-electron chi connectivity index (χ4n) is 2.40. The number of hydrogen-bond acceptors (Lipinski definition) is 6. The van der Waals surface area contributed by atoms with Gasteiger partial charge in [-0.05, 0) is 25.2 Å². The van der Waals surface area contributed by atoms with Crippen molar-refractivity contribution < 1.29 is 29.4 Å². The molecule has 0 heterocycles. The number of aliphatic carboxylic acids is 2. The number of aliphatic imine (C=N–C) groups is 1. The highest BCUT2D eigenvalue weighted by molar-refractivity contribution is 5.92. The molecule has 0 aromatic heterocycles. The van der Waals surface area contributed by atoms with Gasteiger partial charge >= 0.3 is 11.9 Å². The molecule has 0 aliphatic heterocycles. The van der Waals surface area contributed by atoms with Gasteiger partial charge in [0.2, 0.25) is 11.8 Å². The molecule has 0 fully saturated rings. The number of amides is 2. The number of rotatable bonds is 14. The molecular weight excluding hydrogens is 384 g/mol. The van der Waals surface area contributed by atoms with Crippen molar-refractivity contribution in [2.45, 2.75) is 64.1 Å². The van der Waals surface area contributed by atoms with Crippen LogP contribution in [-0.4, -0.2) is 64.6 Å². The average molecular weight is 416 g/mol. The van der Waals surface area contributed by atoms with E-state index in [1.807, 2.05) is 0 Å². The molecule has 12 nitrogen and oxygen atoms in total. The maximum atomic E-state index is 12.5. The first kappa shape index (κ1) is 26.1. The van der Waals surface area contributed by atoms with Crippen LogP contribution in [0.5, 0.6) is 0 Å². The molecule has 0 aliphatic rings. The van der Waals surface area contributed by atoms with Crippen LogP contribution >= 0.6 is 0 Å². The van der Waals surface area contributed by atoms with Crippen LogP contribution in [0, 0.1) is 5.92 Å². The van der Waals surface area contributed by atoms with Gasteiger partial charge in [-0.15, -0.1) is 0 Å². The number of guanidine groups is 1. The van der Waals surface area contributed by atoms with E-state index >= 15 is 0 Å². The summed E-state index contributed by atoms with van der Waals surface area (Å²) in [6, 6.07) is -3.35. The number of hydrogen-bond donors (Lipinski definition) is 7. The lowest BCUT2D eigenvalue weighted by Crippen LogP contribution is -2.55. The van der Waals surface area contributed by atoms with Gasteiger partial charge < -0.3 is 38.0 Å². The Labute approximate surface area is 169 Å². The SMILES string of the molecule is CCC(C)C(NC(=O)C(CCC(=O)O)NC(=O)C(N)CCCN=C(N)N)C(=O)O. The number of carbonyl (C=O) groups excluding carboxylic acids is 2. The molecule has 4 unspecified atom stereocenters. The topological polar surface area (TPSA) is 223 Å². The van der Waals surface area contributed by atoms with E-state index in [0.29, 0.717) is 12.8 Å². The second kappa shape index (κ2) is 13.3. The molecule has 12 heteroatoms. The normalized spacial score (nSPS) is 14.7. The third-order valence-corrected chi connectivity index (χ3v) is 4.36. The van der Waals surface area contributed by atoms with Crippen LogP contribution < -0.4 is 27.8 Å². The molecule has 0 saturated heterocycles. The maximum Gasteiger partial charge on any atom is 0.326 e. The Hall–Kier alpha value is -2.89. The molecule has 29 heavy (non-hydrogen) atoms. The van der Waals surface area contributed by atoms with Crippen molar-refractivity contribution in [2.75, 3.05) is 6.54 Å². The van der Waals surface area contributed by atoms with Gasteiger partial charge in [0.05, 0.1) is 6.04 Å². The highest BCUT2D eigenvalue weighted by atomic mass is 16.4. The van der Waals surface area contributed by atoms with E-state index in [0.717, 1.165) is 0 Å². The van der Waals surface area contributed by atoms with E-state index in [4.69, 9.17) is 22.3 Å². The summed E-state index contributed by atoms with van der Waals surface area (Å²) in [6.45, 7) is 3.72. The first-order chi connectivity index (χ1) is 13.5. The summed E-state index contributed by atoms with van der Waals surface area (Å²) < 4.78 is 0. The summed E-state index contributed by atoms with van der Waals surface area (Å²) >= 11 is 0. The minimum atomic E-state index is -1.23. The van der Waals surface area contributed by atoms with Crippen molar-refractivity contribution in [3.63, 3.8) is 0 Å². The summed E-state index contributed by atoms with van der Waals surface area (Å²) in [4.78, 5) is 50.8. The predicted octanol–water partition coefficient (Wildman–Crippen LogP) is -1.67. The molecule has 0 saturated carbocycles. The van der Waals surface area contributed by atoms with E-state index in [1.54, 1.807) is 13.8 Å². The molecule has 0 spiro atoms. The molecule has 0 aromatic carbocycles. The van der Waals surface area contributed by atoms with Crippen LogP contribution in [0.1, 0.15) is 46.0 Å². The molecular formula is C17H32N6O6. The van der Waals surface area contributed by atoms with E-state index in [2.05, 4.69) is 15.6 Å². The van der Waals surface area contributed by atoms with Crippen molar-refractivity contribution >= 4 is 29.7 Å². The zero-order chi connectivity index (χ0) is 22.6. The summed E-state index contributed by atoms with van der Waals surface area (Å²) in [5.74, 6) is -4.24. The first-order valence-electron chi connectivity index (χ1n) is 9.35. The Morgan fingerprint density at radius 1 is 1.03 bits per heavy atom. The molecule has 0 aromatic rings. The Bertz CT molecular complexity index is 607. The van der Waals surface area contributed by atoms with Gasteiger partial charge in [-0.3, -0.25) is 19.4 Å². The van der Waals surface area contributed by atoms with E-state index in [-0.39, 0.29) is 37.7 Å². The van der Waals surface area contributed by atoms with Crippen LogP contribution in [0.3, 0.4) is 0 Å². The summed E-state index contributed by atoms with van der Waals surface area (Å²) in [7, 11) is 0. The molecule has 2 amide bonds. The molecule has 0 rings (SSSR count). The Morgan fingerprint density at radius 3 is 2.14 bits per heavy atom. The van der Waals surface area contributed by atoms with Gasteiger partial charge in [0.15, 0.2) is 5.96 Å². The zero-order valence-corrected chi connectivity index (χ0v) is 16.8. The number of carboxylic acids is 2. The number of nitrogens with two attached hydrogens (primary N) is 3. The predicted molar refractivity (Wildman–Crippen MR) is 106 cm³/mol. The van der Waals surface area contributed by atoms with E-state index in [9.17, 15) is 24.3 Å². The van der Waals surface area contributed by atoms with Crippen LogP contribution in [-0.2, 0) is 19.2 Å². The minimum Gasteiger partial charge on any atom is -0.481 e. The van der Waals surface area contributed by atoms with Crippen LogP contribution in [0.15, 0.2) is 4.99 Å². The minimum absolute atomic E-state index is 0.0808. The van der Waals surface area contributed by atoms with Crippen molar-refractivity contribution in [2.24, 2.45) is 28.1 Å². The number of nitrogens with one attached hydrogen (secondary N) is 2. The molecule has 0 radical (unpaired) electrons. The van der Waals surface area contributed by atoms with Crippen molar-refractivity contribution in [3.05, 3.63) is 0 Å². The smallest absolute Gasteiger partial charge is 0.326 e. The quantitative estimate of drug-likeness (QED) is 0.0975. The largest absolute Gasteiger partial charge is 0.481 e. The van der Waals surface area contributed by atoms with Crippen LogP contribution in [0.2, 0.25) is 0 Å². The van der Waals surface area contributed by atoms with Gasteiger partial charge in [0.1, 0.15) is 12.1 Å². The average Bonchev–Trinajstić information content (AvgIpc) is 2.64. The summed E-state index contributed by atoms with van der Waals surface area (Å²) in [5, 5.41) is 23.0. The number of carboxylic acid groups (broad SMARTS) is 2. The van der Waals surface area contributed by atoms with Gasteiger partial charge in [-0.1, -0.05) is 20.3 Å². The molecule has 0 aliphatic carbocycles. The zero-order valence-electron chi connectivity index (χ0n) is 16.8. The standard InChI is InChI=1S/C17H32N6O6/c1-3-9(2)13(16(28)29)23-15(27)11(6-7-12(24)25)22-14(26)10(18)5-4-8-21-17(19)20/h9-11,13H,3-8,18H2,1-2H3,(H,22,26)(H,23,27)(H,24,25)(H,28,29)(H4,19,20,21). The molecule has 166 valence electrons. The van der Waals surface area contributed by atoms with E-state index in [1.165, 1.54) is 0 Å².